The first kappa shape index (κ1) is 19.0. The number of amides is 1. The number of hydrogen-bond acceptors (Lipinski definition) is 3. The monoisotopic (exact) mass is 370 g/mol. The van der Waals surface area contributed by atoms with Crippen LogP contribution in [-0.4, -0.2) is 24.9 Å². The van der Waals surface area contributed by atoms with Crippen LogP contribution < -0.4 is 15.8 Å². The highest BCUT2D eigenvalue weighted by Crippen LogP contribution is 2.41. The predicted octanol–water partition coefficient (Wildman–Crippen LogP) is 3.40. The van der Waals surface area contributed by atoms with Gasteiger partial charge in [-0.2, -0.15) is 0 Å². The molecule has 2 atom stereocenters. The summed E-state index contributed by atoms with van der Waals surface area (Å²) in [5.74, 6) is 0.785. The van der Waals surface area contributed by atoms with Gasteiger partial charge in [0.2, 0.25) is 5.91 Å². The number of benzene rings is 1. The van der Waals surface area contributed by atoms with Crippen molar-refractivity contribution in [3.63, 3.8) is 0 Å². The molecular weight excluding hydrogens is 345 g/mol. The van der Waals surface area contributed by atoms with Gasteiger partial charge in [0.05, 0.1) is 0 Å². The molecule has 2 bridgehead atoms. The molecule has 2 fully saturated rings. The van der Waals surface area contributed by atoms with Crippen molar-refractivity contribution >= 4 is 5.91 Å². The highest BCUT2D eigenvalue weighted by molar-refractivity contribution is 5.78. The van der Waals surface area contributed by atoms with Crippen LogP contribution in [0, 0.1) is 17.8 Å². The van der Waals surface area contributed by atoms with Crippen molar-refractivity contribution in [1.82, 2.24) is 5.32 Å². The van der Waals surface area contributed by atoms with Gasteiger partial charge in [0, 0.05) is 18.5 Å². The summed E-state index contributed by atoms with van der Waals surface area (Å²) in [5.41, 5.74) is 7.11. The number of carbonyl (C=O) groups excluding carboxylic acids is 1. The van der Waals surface area contributed by atoms with Crippen molar-refractivity contribution < 1.29 is 22.7 Å². The van der Waals surface area contributed by atoms with E-state index in [1.54, 1.807) is 12.1 Å². The molecule has 7 heteroatoms. The van der Waals surface area contributed by atoms with E-state index in [0.717, 1.165) is 31.2 Å². The van der Waals surface area contributed by atoms with Crippen molar-refractivity contribution in [2.75, 3.05) is 6.54 Å². The summed E-state index contributed by atoms with van der Waals surface area (Å²) in [6, 6.07) is 5.97. The van der Waals surface area contributed by atoms with Gasteiger partial charge in [-0.15, -0.1) is 13.2 Å². The Morgan fingerprint density at radius 1 is 1.15 bits per heavy atom. The normalized spacial score (nSPS) is 28.5. The maximum Gasteiger partial charge on any atom is 0.573 e. The zero-order valence-electron chi connectivity index (χ0n) is 14.6. The van der Waals surface area contributed by atoms with Crippen molar-refractivity contribution in [1.29, 1.82) is 0 Å². The fraction of sp³-hybridized carbons (Fsp3) is 0.632. The molecule has 3 rings (SSSR count). The van der Waals surface area contributed by atoms with E-state index in [9.17, 15) is 18.0 Å². The number of carbonyl (C=O) groups is 1. The van der Waals surface area contributed by atoms with Crippen LogP contribution in [0.15, 0.2) is 24.3 Å². The zero-order valence-corrected chi connectivity index (χ0v) is 14.6. The lowest BCUT2D eigenvalue weighted by Gasteiger charge is -2.43. The second-order valence-electron chi connectivity index (χ2n) is 7.43. The van der Waals surface area contributed by atoms with Gasteiger partial charge >= 0.3 is 6.36 Å². The number of nitrogens with two attached hydrogens (primary N) is 1. The lowest BCUT2D eigenvalue weighted by Crippen LogP contribution is -2.49. The Kier molecular flexibility index (Phi) is 5.75. The average molecular weight is 370 g/mol. The van der Waals surface area contributed by atoms with Crippen LogP contribution >= 0.6 is 0 Å². The minimum absolute atomic E-state index is 0.0349. The third kappa shape index (κ3) is 4.90. The van der Waals surface area contributed by atoms with E-state index in [2.05, 4.69) is 10.1 Å². The molecule has 0 spiro atoms. The topological polar surface area (TPSA) is 64.4 Å². The van der Waals surface area contributed by atoms with Gasteiger partial charge in [-0.05, 0) is 61.6 Å². The largest absolute Gasteiger partial charge is 0.573 e. The predicted molar refractivity (Wildman–Crippen MR) is 91.4 cm³/mol. The number of nitrogens with one attached hydrogen (secondary N) is 1. The molecule has 2 aliphatic rings. The quantitative estimate of drug-likeness (QED) is 0.835. The average Bonchev–Trinajstić information content (AvgIpc) is 2.54. The van der Waals surface area contributed by atoms with E-state index in [1.807, 2.05) is 0 Å². The number of alkyl halides is 3. The highest BCUT2D eigenvalue weighted by Gasteiger charge is 2.40. The fourth-order valence-corrected chi connectivity index (χ4v) is 4.34. The van der Waals surface area contributed by atoms with Crippen LogP contribution in [0.2, 0.25) is 0 Å². The van der Waals surface area contributed by atoms with E-state index in [0.29, 0.717) is 24.8 Å². The van der Waals surface area contributed by atoms with Gasteiger partial charge in [0.1, 0.15) is 5.75 Å². The molecule has 0 aliphatic heterocycles. The van der Waals surface area contributed by atoms with Gasteiger partial charge < -0.3 is 15.8 Å². The summed E-state index contributed by atoms with van der Waals surface area (Å²) in [4.78, 5) is 12.4. The molecular formula is C19H25F3N2O2. The van der Waals surface area contributed by atoms with Crippen LogP contribution in [0.25, 0.3) is 0 Å². The second kappa shape index (κ2) is 7.86. The number of hydrogen-bond donors (Lipinski definition) is 2. The molecule has 1 amide bonds. The maximum atomic E-state index is 12.4. The zero-order chi connectivity index (χ0) is 18.7. The van der Waals surface area contributed by atoms with Crippen molar-refractivity contribution in [3.05, 3.63) is 29.8 Å². The van der Waals surface area contributed by atoms with Gasteiger partial charge in [-0.25, -0.2) is 0 Å². The molecule has 0 heterocycles. The number of rotatable bonds is 5. The van der Waals surface area contributed by atoms with Crippen LogP contribution in [0.3, 0.4) is 0 Å². The van der Waals surface area contributed by atoms with Crippen LogP contribution in [0.4, 0.5) is 13.2 Å². The number of ether oxygens (including phenoxy) is 1. The van der Waals surface area contributed by atoms with E-state index in [-0.39, 0.29) is 23.6 Å². The van der Waals surface area contributed by atoms with E-state index in [1.165, 1.54) is 18.6 Å². The molecule has 3 N–H and O–H groups in total. The standard InChI is InChI=1S/C19H25F3N2O2/c20-19(21,22)26-16-6-4-12(5-7-16)8-9-24-18(25)15-10-13-2-1-3-14(11-15)17(13)23/h4-7,13-15,17H,1-3,8-11,23H2,(H,24,25). The molecule has 144 valence electrons. The minimum Gasteiger partial charge on any atom is -0.406 e. The summed E-state index contributed by atoms with van der Waals surface area (Å²) >= 11 is 0. The molecule has 1 aromatic carbocycles. The minimum atomic E-state index is -4.68. The lowest BCUT2D eigenvalue weighted by molar-refractivity contribution is -0.274. The summed E-state index contributed by atoms with van der Waals surface area (Å²) in [5, 5.41) is 2.97. The smallest absolute Gasteiger partial charge is 0.406 e. The molecule has 2 saturated carbocycles. The maximum absolute atomic E-state index is 12.4. The van der Waals surface area contributed by atoms with Crippen LogP contribution in [-0.2, 0) is 11.2 Å². The fourth-order valence-electron chi connectivity index (χ4n) is 4.34. The Balaban J connectivity index is 1.44. The molecule has 0 aromatic heterocycles. The van der Waals surface area contributed by atoms with Crippen molar-refractivity contribution in [3.8, 4) is 5.75 Å². The van der Waals surface area contributed by atoms with E-state index < -0.39 is 6.36 Å². The SMILES string of the molecule is NC1C2CCCC1CC(C(=O)NCCc1ccc(OC(F)(F)F)cc1)C2. The molecule has 1 aromatic rings. The molecule has 2 aliphatic carbocycles. The second-order valence-corrected chi connectivity index (χ2v) is 7.43. The van der Waals surface area contributed by atoms with E-state index >= 15 is 0 Å². The summed E-state index contributed by atoms with van der Waals surface area (Å²) < 4.78 is 40.3. The third-order valence-corrected chi connectivity index (χ3v) is 5.65. The lowest BCUT2D eigenvalue weighted by atomic mass is 9.65. The van der Waals surface area contributed by atoms with Crippen molar-refractivity contribution in [2.45, 2.75) is 50.9 Å². The third-order valence-electron chi connectivity index (χ3n) is 5.65. The van der Waals surface area contributed by atoms with Gasteiger partial charge in [-0.3, -0.25) is 4.79 Å². The molecule has 0 radical (unpaired) electrons. The molecule has 26 heavy (non-hydrogen) atoms. The Bertz CT molecular complexity index is 604. The van der Waals surface area contributed by atoms with Gasteiger partial charge in [-0.1, -0.05) is 18.6 Å². The highest BCUT2D eigenvalue weighted by atomic mass is 19.4. The Morgan fingerprint density at radius 2 is 1.77 bits per heavy atom. The van der Waals surface area contributed by atoms with Gasteiger partial charge in [0.15, 0.2) is 0 Å². The van der Waals surface area contributed by atoms with Crippen LogP contribution in [0.5, 0.6) is 5.75 Å². The first-order valence-electron chi connectivity index (χ1n) is 9.20. The molecule has 0 saturated heterocycles. The summed E-state index contributed by atoms with van der Waals surface area (Å²) in [7, 11) is 0. The Hall–Kier alpha value is -1.76. The Labute approximate surface area is 151 Å². The first-order chi connectivity index (χ1) is 12.3. The van der Waals surface area contributed by atoms with Crippen LogP contribution in [0.1, 0.15) is 37.7 Å². The molecule has 2 unspecified atom stereocenters. The first-order valence-corrected chi connectivity index (χ1v) is 9.20. The number of fused-ring (bicyclic) bond motifs is 2. The van der Waals surface area contributed by atoms with E-state index in [4.69, 9.17) is 5.73 Å². The van der Waals surface area contributed by atoms with Gasteiger partial charge in [0.25, 0.3) is 0 Å². The number of halogens is 3. The molecule has 4 nitrogen and oxygen atoms in total. The van der Waals surface area contributed by atoms with Crippen molar-refractivity contribution in [2.24, 2.45) is 23.5 Å². The summed E-state index contributed by atoms with van der Waals surface area (Å²) in [6.45, 7) is 0.468. The Morgan fingerprint density at radius 3 is 2.35 bits per heavy atom. The summed E-state index contributed by atoms with van der Waals surface area (Å²) in [6.07, 6.45) is 1.07.